The highest BCUT2D eigenvalue weighted by atomic mass is 35.5. The van der Waals surface area contributed by atoms with E-state index >= 15 is 0 Å². The first-order chi connectivity index (χ1) is 11.5. The summed E-state index contributed by atoms with van der Waals surface area (Å²) in [6.07, 6.45) is 5.65. The molecule has 0 saturated heterocycles. The lowest BCUT2D eigenvalue weighted by Gasteiger charge is -2.45. The molecule has 1 amide bonds. The Bertz CT molecular complexity index is 779. The van der Waals surface area contributed by atoms with Crippen molar-refractivity contribution < 1.29 is 4.79 Å². The number of aryl methyl sites for hydroxylation is 2. The van der Waals surface area contributed by atoms with Crippen LogP contribution in [0.4, 0.5) is 0 Å². The molecule has 2 aliphatic rings. The number of hydrogen-bond donors (Lipinski definition) is 3. The summed E-state index contributed by atoms with van der Waals surface area (Å²) in [5, 5.41) is 11.3. The predicted octanol–water partition coefficient (Wildman–Crippen LogP) is 3.05. The number of nitrogens with one attached hydrogen (secondary N) is 2. The number of nitrogens with zero attached hydrogens (tertiary/aromatic N) is 2. The zero-order valence-electron chi connectivity index (χ0n) is 15.1. The molecule has 26 heavy (non-hydrogen) atoms. The summed E-state index contributed by atoms with van der Waals surface area (Å²) in [7, 11) is 0. The lowest BCUT2D eigenvalue weighted by molar-refractivity contribution is 0.0757. The van der Waals surface area contributed by atoms with Gasteiger partial charge < -0.3 is 11.1 Å². The highest BCUT2D eigenvalue weighted by molar-refractivity contribution is 6.06. The van der Waals surface area contributed by atoms with E-state index in [1.807, 2.05) is 19.9 Å². The third-order valence-corrected chi connectivity index (χ3v) is 5.75. The molecule has 0 aromatic carbocycles. The SMILES string of the molecule is Cc1cc(C(=O)NC2C3CCCC2CC(N)C3)c2c(C)[nH]nc2n1.Cl.Cl. The number of fused-ring (bicyclic) bond motifs is 3. The van der Waals surface area contributed by atoms with Crippen LogP contribution in [0.5, 0.6) is 0 Å². The molecule has 2 aromatic rings. The highest BCUT2D eigenvalue weighted by Crippen LogP contribution is 2.39. The van der Waals surface area contributed by atoms with E-state index in [1.54, 1.807) is 0 Å². The van der Waals surface area contributed by atoms with Gasteiger partial charge >= 0.3 is 0 Å². The molecule has 144 valence electrons. The largest absolute Gasteiger partial charge is 0.349 e. The average molecular weight is 400 g/mol. The number of hydrogen-bond acceptors (Lipinski definition) is 4. The van der Waals surface area contributed by atoms with Crippen LogP contribution in [0.25, 0.3) is 11.0 Å². The second kappa shape index (κ2) is 8.11. The topological polar surface area (TPSA) is 96.7 Å². The van der Waals surface area contributed by atoms with Crippen molar-refractivity contribution in [3.63, 3.8) is 0 Å². The van der Waals surface area contributed by atoms with E-state index in [-0.39, 0.29) is 36.8 Å². The Hall–Kier alpha value is -1.37. The summed E-state index contributed by atoms with van der Waals surface area (Å²) in [6.45, 7) is 3.83. The van der Waals surface area contributed by atoms with Gasteiger partial charge in [0.1, 0.15) is 0 Å². The van der Waals surface area contributed by atoms with Crippen LogP contribution >= 0.6 is 24.8 Å². The molecule has 2 fully saturated rings. The van der Waals surface area contributed by atoms with E-state index < -0.39 is 0 Å². The van der Waals surface area contributed by atoms with Gasteiger partial charge in [-0.1, -0.05) is 6.42 Å². The molecule has 6 nitrogen and oxygen atoms in total. The maximum Gasteiger partial charge on any atom is 0.252 e. The van der Waals surface area contributed by atoms with Gasteiger partial charge in [-0.3, -0.25) is 9.89 Å². The van der Waals surface area contributed by atoms with Crippen molar-refractivity contribution in [2.45, 2.75) is 58.0 Å². The monoisotopic (exact) mass is 399 g/mol. The van der Waals surface area contributed by atoms with Crippen LogP contribution in [-0.4, -0.2) is 33.2 Å². The van der Waals surface area contributed by atoms with Crippen molar-refractivity contribution >= 4 is 41.8 Å². The fourth-order valence-corrected chi connectivity index (χ4v) is 4.73. The van der Waals surface area contributed by atoms with Gasteiger partial charge in [0.2, 0.25) is 0 Å². The highest BCUT2D eigenvalue weighted by Gasteiger charge is 2.40. The van der Waals surface area contributed by atoms with E-state index in [9.17, 15) is 4.79 Å². The van der Waals surface area contributed by atoms with Crippen molar-refractivity contribution in [3.8, 4) is 0 Å². The number of rotatable bonds is 2. The van der Waals surface area contributed by atoms with Gasteiger partial charge in [0.25, 0.3) is 5.91 Å². The molecule has 4 rings (SSSR count). The molecule has 2 saturated carbocycles. The minimum absolute atomic E-state index is 0. The summed E-state index contributed by atoms with van der Waals surface area (Å²) >= 11 is 0. The van der Waals surface area contributed by atoms with Crippen molar-refractivity contribution in [3.05, 3.63) is 23.0 Å². The quantitative estimate of drug-likeness (QED) is 0.722. The summed E-state index contributed by atoms with van der Waals surface area (Å²) in [5.74, 6) is 1.02. The minimum atomic E-state index is -0.00706. The normalized spacial score (nSPS) is 27.3. The Morgan fingerprint density at radius 3 is 2.54 bits per heavy atom. The van der Waals surface area contributed by atoms with E-state index in [1.165, 1.54) is 19.3 Å². The van der Waals surface area contributed by atoms with Crippen LogP contribution in [-0.2, 0) is 0 Å². The van der Waals surface area contributed by atoms with Crippen molar-refractivity contribution in [1.29, 1.82) is 0 Å². The number of H-pyrrole nitrogens is 1. The lowest BCUT2D eigenvalue weighted by atomic mass is 9.67. The summed E-state index contributed by atoms with van der Waals surface area (Å²) in [4.78, 5) is 17.4. The third kappa shape index (κ3) is 3.68. The molecule has 0 radical (unpaired) electrons. The smallest absolute Gasteiger partial charge is 0.252 e. The van der Waals surface area contributed by atoms with Crippen molar-refractivity contribution in [2.75, 3.05) is 0 Å². The van der Waals surface area contributed by atoms with E-state index in [2.05, 4.69) is 20.5 Å². The second-order valence-corrected chi connectivity index (χ2v) is 7.54. The van der Waals surface area contributed by atoms with Gasteiger partial charge in [0.15, 0.2) is 5.65 Å². The van der Waals surface area contributed by atoms with E-state index in [4.69, 9.17) is 5.73 Å². The first-order valence-electron chi connectivity index (χ1n) is 8.91. The van der Waals surface area contributed by atoms with Crippen LogP contribution in [0.2, 0.25) is 0 Å². The zero-order valence-corrected chi connectivity index (χ0v) is 16.8. The van der Waals surface area contributed by atoms with Gasteiger partial charge in [0.05, 0.1) is 10.9 Å². The number of aromatic nitrogens is 3. The first kappa shape index (κ1) is 20.9. The molecule has 2 atom stereocenters. The number of halogens is 2. The Balaban J connectivity index is 0.00000121. The van der Waals surface area contributed by atoms with Crippen LogP contribution in [0.3, 0.4) is 0 Å². The van der Waals surface area contributed by atoms with Gasteiger partial charge in [-0.25, -0.2) is 4.98 Å². The Morgan fingerprint density at radius 2 is 1.88 bits per heavy atom. The van der Waals surface area contributed by atoms with Crippen molar-refractivity contribution in [2.24, 2.45) is 17.6 Å². The maximum atomic E-state index is 13.0. The molecule has 0 aliphatic heterocycles. The number of aromatic amines is 1. The number of amides is 1. The van der Waals surface area contributed by atoms with Gasteiger partial charge in [-0.2, -0.15) is 5.10 Å². The zero-order chi connectivity index (χ0) is 16.8. The molecule has 2 heterocycles. The van der Waals surface area contributed by atoms with Crippen molar-refractivity contribution in [1.82, 2.24) is 20.5 Å². The first-order valence-corrected chi connectivity index (χ1v) is 8.91. The number of carbonyl (C=O) groups excluding carboxylic acids is 1. The van der Waals surface area contributed by atoms with Gasteiger partial charge in [0, 0.05) is 23.5 Å². The molecule has 2 unspecified atom stereocenters. The lowest BCUT2D eigenvalue weighted by Crippen LogP contribution is -2.53. The van der Waals surface area contributed by atoms with Gasteiger partial charge in [-0.15, -0.1) is 24.8 Å². The molecule has 4 N–H and O–H groups in total. The Kier molecular flexibility index (Phi) is 6.53. The standard InChI is InChI=1S/C18H25N5O.2ClH/c1-9-6-14(15-10(2)22-23-17(15)20-9)18(24)21-16-11-4-3-5-12(16)8-13(19)7-11;;/h6,11-13,16H,3-5,7-8,19H2,1-2H3,(H,21,24)(H,20,22,23);2*1H. The molecule has 2 aliphatic carbocycles. The van der Waals surface area contributed by atoms with Crippen LogP contribution in [0.1, 0.15) is 53.8 Å². The number of pyridine rings is 1. The molecule has 8 heteroatoms. The second-order valence-electron chi connectivity index (χ2n) is 7.54. The molecule has 2 aromatic heterocycles. The molecule has 2 bridgehead atoms. The minimum Gasteiger partial charge on any atom is -0.349 e. The average Bonchev–Trinajstić information content (AvgIpc) is 2.88. The molecule has 0 spiro atoms. The third-order valence-electron chi connectivity index (χ3n) is 5.75. The summed E-state index contributed by atoms with van der Waals surface area (Å²) in [6, 6.07) is 2.41. The number of nitrogens with two attached hydrogens (primary N) is 1. The summed E-state index contributed by atoms with van der Waals surface area (Å²) in [5.41, 5.74) is 9.18. The predicted molar refractivity (Wildman–Crippen MR) is 107 cm³/mol. The molecular weight excluding hydrogens is 373 g/mol. The van der Waals surface area contributed by atoms with Crippen LogP contribution in [0.15, 0.2) is 6.07 Å². The van der Waals surface area contributed by atoms with Gasteiger partial charge in [-0.05, 0) is 57.4 Å². The Morgan fingerprint density at radius 1 is 1.23 bits per heavy atom. The Labute approximate surface area is 165 Å². The van der Waals surface area contributed by atoms with E-state index in [0.717, 1.165) is 29.6 Å². The van der Waals surface area contributed by atoms with Crippen LogP contribution < -0.4 is 11.1 Å². The van der Waals surface area contributed by atoms with Crippen LogP contribution in [0, 0.1) is 25.7 Å². The fraction of sp³-hybridized carbons (Fsp3) is 0.611. The fourth-order valence-electron chi connectivity index (χ4n) is 4.73. The van der Waals surface area contributed by atoms with E-state index in [0.29, 0.717) is 29.1 Å². The maximum absolute atomic E-state index is 13.0. The number of carbonyl (C=O) groups is 1. The summed E-state index contributed by atoms with van der Waals surface area (Å²) < 4.78 is 0. The molecular formula is C18H27Cl2N5O.